The Labute approximate surface area is 131 Å². The van der Waals surface area contributed by atoms with E-state index in [1.165, 1.54) is 0 Å². The van der Waals surface area contributed by atoms with Gasteiger partial charge in [0.2, 0.25) is 0 Å². The molecule has 0 atom stereocenters. The van der Waals surface area contributed by atoms with Crippen LogP contribution in [-0.2, 0) is 9.53 Å². The highest BCUT2D eigenvalue weighted by atomic mass is 16.5. The number of hydrogen-bond acceptors (Lipinski definition) is 5. The molecule has 22 heavy (non-hydrogen) atoms. The number of ether oxygens (including phenoxy) is 1. The van der Waals surface area contributed by atoms with Gasteiger partial charge < -0.3 is 14.5 Å². The van der Waals surface area contributed by atoms with Crippen molar-refractivity contribution in [1.82, 2.24) is 9.88 Å². The van der Waals surface area contributed by atoms with Gasteiger partial charge in [-0.2, -0.15) is 0 Å². The normalized spacial score (nSPS) is 14.0. The molecule has 0 N–H and O–H groups in total. The van der Waals surface area contributed by atoms with Gasteiger partial charge in [-0.15, -0.1) is 0 Å². The molecule has 0 spiro atoms. The number of likely N-dealkylation sites (N-methyl/N-ethyl adjacent to an activating group) is 1. The Bertz CT molecular complexity index is 523. The lowest BCUT2D eigenvalue weighted by Crippen LogP contribution is -2.34. The SMILES string of the molecule is CCN(CC)C(=O)COC(=O)c1cccnc1N1CCCC1. The fourth-order valence-electron chi connectivity index (χ4n) is 2.61. The van der Waals surface area contributed by atoms with Gasteiger partial charge >= 0.3 is 5.97 Å². The van der Waals surface area contributed by atoms with E-state index in [2.05, 4.69) is 9.88 Å². The molecule has 0 unspecified atom stereocenters. The van der Waals surface area contributed by atoms with Gasteiger partial charge in [-0.05, 0) is 38.8 Å². The van der Waals surface area contributed by atoms with E-state index in [9.17, 15) is 9.59 Å². The van der Waals surface area contributed by atoms with Gasteiger partial charge in [0.15, 0.2) is 6.61 Å². The van der Waals surface area contributed by atoms with Crippen LogP contribution in [0.5, 0.6) is 0 Å². The van der Waals surface area contributed by atoms with E-state index < -0.39 is 5.97 Å². The van der Waals surface area contributed by atoms with Gasteiger partial charge in [-0.1, -0.05) is 0 Å². The summed E-state index contributed by atoms with van der Waals surface area (Å²) in [7, 11) is 0. The van der Waals surface area contributed by atoms with E-state index in [-0.39, 0.29) is 12.5 Å². The summed E-state index contributed by atoms with van der Waals surface area (Å²) in [6.07, 6.45) is 3.88. The second kappa shape index (κ2) is 7.77. The molecular formula is C16H23N3O3. The zero-order valence-electron chi connectivity index (χ0n) is 13.2. The van der Waals surface area contributed by atoms with E-state index in [4.69, 9.17) is 4.74 Å². The van der Waals surface area contributed by atoms with Crippen LogP contribution < -0.4 is 4.90 Å². The summed E-state index contributed by atoms with van der Waals surface area (Å²) in [6.45, 7) is 6.59. The van der Waals surface area contributed by atoms with Gasteiger partial charge in [-0.25, -0.2) is 9.78 Å². The first-order valence-electron chi connectivity index (χ1n) is 7.82. The molecule has 0 aromatic carbocycles. The third-order valence-corrected chi connectivity index (χ3v) is 3.86. The van der Waals surface area contributed by atoms with E-state index >= 15 is 0 Å². The number of pyridine rings is 1. The molecule has 1 aromatic heterocycles. The van der Waals surface area contributed by atoms with Crippen molar-refractivity contribution >= 4 is 17.7 Å². The van der Waals surface area contributed by atoms with Gasteiger partial charge in [-0.3, -0.25) is 4.79 Å². The highest BCUT2D eigenvalue weighted by Crippen LogP contribution is 2.22. The molecule has 2 rings (SSSR count). The maximum Gasteiger partial charge on any atom is 0.342 e. The number of aromatic nitrogens is 1. The predicted octanol–water partition coefficient (Wildman–Crippen LogP) is 1.71. The summed E-state index contributed by atoms with van der Waals surface area (Å²) in [5, 5.41) is 0. The molecule has 6 heteroatoms. The molecule has 0 bridgehead atoms. The smallest absolute Gasteiger partial charge is 0.342 e. The Kier molecular flexibility index (Phi) is 5.75. The summed E-state index contributed by atoms with van der Waals surface area (Å²) < 4.78 is 5.18. The first-order chi connectivity index (χ1) is 10.7. The molecule has 0 aliphatic carbocycles. The molecule has 120 valence electrons. The maximum absolute atomic E-state index is 12.3. The number of carbonyl (C=O) groups is 2. The van der Waals surface area contributed by atoms with Crippen molar-refractivity contribution in [2.75, 3.05) is 37.7 Å². The molecule has 1 fully saturated rings. The average molecular weight is 305 g/mol. The molecule has 1 aliphatic rings. The summed E-state index contributed by atoms with van der Waals surface area (Å²) in [5.41, 5.74) is 0.428. The molecule has 0 radical (unpaired) electrons. The van der Waals surface area contributed by atoms with Crippen LogP contribution >= 0.6 is 0 Å². The fourth-order valence-corrected chi connectivity index (χ4v) is 2.61. The third kappa shape index (κ3) is 3.75. The van der Waals surface area contributed by atoms with Crippen molar-refractivity contribution in [3.8, 4) is 0 Å². The molecule has 1 saturated heterocycles. The molecule has 2 heterocycles. The number of carbonyl (C=O) groups excluding carboxylic acids is 2. The van der Waals surface area contributed by atoms with E-state index in [1.54, 1.807) is 23.2 Å². The fraction of sp³-hybridized carbons (Fsp3) is 0.562. The monoisotopic (exact) mass is 305 g/mol. The van der Waals surface area contributed by atoms with Crippen LogP contribution in [0.2, 0.25) is 0 Å². The highest BCUT2D eigenvalue weighted by Gasteiger charge is 2.22. The van der Waals surface area contributed by atoms with Crippen molar-refractivity contribution in [3.63, 3.8) is 0 Å². The van der Waals surface area contributed by atoms with Crippen molar-refractivity contribution in [3.05, 3.63) is 23.9 Å². The van der Waals surface area contributed by atoms with Crippen molar-refractivity contribution in [2.45, 2.75) is 26.7 Å². The quantitative estimate of drug-likeness (QED) is 0.749. The molecule has 0 saturated carbocycles. The number of hydrogen-bond donors (Lipinski definition) is 0. The Morgan fingerprint density at radius 1 is 1.27 bits per heavy atom. The van der Waals surface area contributed by atoms with Crippen LogP contribution in [0.15, 0.2) is 18.3 Å². The summed E-state index contributed by atoms with van der Waals surface area (Å²) in [5.74, 6) is -0.0132. The zero-order chi connectivity index (χ0) is 15.9. The van der Waals surface area contributed by atoms with Gasteiger partial charge in [0.05, 0.1) is 0 Å². The standard InChI is InChI=1S/C16H23N3O3/c1-3-18(4-2)14(20)12-22-16(21)13-8-7-9-17-15(13)19-10-5-6-11-19/h7-9H,3-6,10-12H2,1-2H3. The van der Waals surface area contributed by atoms with E-state index in [0.29, 0.717) is 24.5 Å². The van der Waals surface area contributed by atoms with Crippen LogP contribution in [0.25, 0.3) is 0 Å². The van der Waals surface area contributed by atoms with E-state index in [1.807, 2.05) is 13.8 Å². The Morgan fingerprint density at radius 2 is 1.95 bits per heavy atom. The third-order valence-electron chi connectivity index (χ3n) is 3.86. The zero-order valence-corrected chi connectivity index (χ0v) is 13.2. The minimum atomic E-state index is -0.490. The minimum Gasteiger partial charge on any atom is -0.452 e. The number of nitrogens with zero attached hydrogens (tertiary/aromatic N) is 3. The lowest BCUT2D eigenvalue weighted by atomic mass is 10.2. The number of esters is 1. The summed E-state index contributed by atoms with van der Waals surface area (Å²) in [4.78, 5) is 32.2. The topological polar surface area (TPSA) is 62.7 Å². The minimum absolute atomic E-state index is 0.176. The van der Waals surface area contributed by atoms with Crippen molar-refractivity contribution in [2.24, 2.45) is 0 Å². The summed E-state index contributed by atoms with van der Waals surface area (Å²) >= 11 is 0. The Morgan fingerprint density at radius 3 is 2.59 bits per heavy atom. The molecule has 1 aromatic rings. The molecule has 1 aliphatic heterocycles. The van der Waals surface area contributed by atoms with E-state index in [0.717, 1.165) is 25.9 Å². The largest absolute Gasteiger partial charge is 0.452 e. The average Bonchev–Trinajstić information content (AvgIpc) is 3.08. The Hall–Kier alpha value is -2.11. The van der Waals surface area contributed by atoms with Crippen molar-refractivity contribution < 1.29 is 14.3 Å². The predicted molar refractivity (Wildman–Crippen MR) is 83.9 cm³/mol. The second-order valence-corrected chi connectivity index (χ2v) is 5.21. The highest BCUT2D eigenvalue weighted by molar-refractivity contribution is 5.96. The second-order valence-electron chi connectivity index (χ2n) is 5.21. The summed E-state index contributed by atoms with van der Waals surface area (Å²) in [6, 6.07) is 3.41. The first kappa shape index (κ1) is 16.3. The van der Waals surface area contributed by atoms with Crippen LogP contribution in [0.4, 0.5) is 5.82 Å². The molecule has 1 amide bonds. The Balaban J connectivity index is 2.02. The van der Waals surface area contributed by atoms with Gasteiger partial charge in [0.25, 0.3) is 5.91 Å². The van der Waals surface area contributed by atoms with Crippen LogP contribution in [-0.4, -0.2) is 54.5 Å². The van der Waals surface area contributed by atoms with Crippen LogP contribution in [0.3, 0.4) is 0 Å². The van der Waals surface area contributed by atoms with Gasteiger partial charge in [0, 0.05) is 32.4 Å². The molecule has 6 nitrogen and oxygen atoms in total. The lowest BCUT2D eigenvalue weighted by Gasteiger charge is -2.20. The van der Waals surface area contributed by atoms with Crippen LogP contribution in [0, 0.1) is 0 Å². The van der Waals surface area contributed by atoms with Crippen molar-refractivity contribution in [1.29, 1.82) is 0 Å². The number of anilines is 1. The van der Waals surface area contributed by atoms with Gasteiger partial charge in [0.1, 0.15) is 11.4 Å². The molecular weight excluding hydrogens is 282 g/mol. The maximum atomic E-state index is 12.3. The number of rotatable bonds is 6. The number of amides is 1. The first-order valence-corrected chi connectivity index (χ1v) is 7.82. The van der Waals surface area contributed by atoms with Crippen LogP contribution in [0.1, 0.15) is 37.0 Å². The lowest BCUT2D eigenvalue weighted by molar-refractivity contribution is -0.134.